The van der Waals surface area contributed by atoms with Gasteiger partial charge in [-0.1, -0.05) is 39.0 Å². The zero-order valence-electron chi connectivity index (χ0n) is 9.45. The van der Waals surface area contributed by atoms with E-state index in [4.69, 9.17) is 11.1 Å². The lowest BCUT2D eigenvalue weighted by molar-refractivity contribution is 0.642. The van der Waals surface area contributed by atoms with Gasteiger partial charge in [0.25, 0.3) is 0 Å². The van der Waals surface area contributed by atoms with Crippen LogP contribution in [0.2, 0.25) is 0 Å². The van der Waals surface area contributed by atoms with Gasteiger partial charge >= 0.3 is 0 Å². The van der Waals surface area contributed by atoms with Crippen LogP contribution in [0.25, 0.3) is 0 Å². The fraction of sp³-hybridized carbons (Fsp3) is 0.417. The number of hydrogen-bond donors (Lipinski definition) is 2. The minimum Gasteiger partial charge on any atom is -0.384 e. The molecule has 0 bridgehead atoms. The van der Waals surface area contributed by atoms with Gasteiger partial charge in [0.05, 0.1) is 0 Å². The Kier molecular flexibility index (Phi) is 4.21. The number of benzene rings is 1. The number of rotatable bonds is 4. The van der Waals surface area contributed by atoms with E-state index in [0.717, 1.165) is 10.5 Å². The molecule has 0 saturated carbocycles. The molecular weight excluding hydrogens is 204 g/mol. The van der Waals surface area contributed by atoms with E-state index >= 15 is 0 Å². The third kappa shape index (κ3) is 3.27. The van der Waals surface area contributed by atoms with Gasteiger partial charge in [-0.05, 0) is 12.0 Å². The average Bonchev–Trinajstić information content (AvgIpc) is 2.18. The van der Waals surface area contributed by atoms with Crippen molar-refractivity contribution in [3.63, 3.8) is 0 Å². The summed E-state index contributed by atoms with van der Waals surface area (Å²) >= 11 is 1.79. The molecule has 1 rings (SSSR count). The van der Waals surface area contributed by atoms with Crippen molar-refractivity contribution in [3.8, 4) is 0 Å². The highest BCUT2D eigenvalue weighted by molar-refractivity contribution is 8.00. The van der Waals surface area contributed by atoms with Crippen molar-refractivity contribution in [2.75, 3.05) is 0 Å². The number of nitrogen functional groups attached to an aromatic ring is 1. The SMILES string of the molecule is CC(C)C(C)Sc1ccccc1C(=N)N. The first-order valence-corrected chi connectivity index (χ1v) is 6.00. The number of thioether (sulfide) groups is 1. The predicted octanol–water partition coefficient (Wildman–Crippen LogP) is 3.11. The zero-order valence-corrected chi connectivity index (χ0v) is 10.3. The molecule has 0 fully saturated rings. The van der Waals surface area contributed by atoms with E-state index in [1.807, 2.05) is 24.3 Å². The number of amidine groups is 1. The molecule has 0 aliphatic heterocycles. The van der Waals surface area contributed by atoms with Gasteiger partial charge in [-0.25, -0.2) is 0 Å². The lowest BCUT2D eigenvalue weighted by atomic mass is 10.2. The largest absolute Gasteiger partial charge is 0.384 e. The third-order valence-corrected chi connectivity index (χ3v) is 3.95. The molecule has 1 aromatic carbocycles. The Labute approximate surface area is 95.8 Å². The highest BCUT2D eigenvalue weighted by Gasteiger charge is 2.12. The summed E-state index contributed by atoms with van der Waals surface area (Å²) in [5.74, 6) is 0.768. The fourth-order valence-corrected chi connectivity index (χ4v) is 2.26. The minimum absolute atomic E-state index is 0.147. The third-order valence-electron chi connectivity index (χ3n) is 2.43. The van der Waals surface area contributed by atoms with Crippen LogP contribution in [0.3, 0.4) is 0 Å². The van der Waals surface area contributed by atoms with Gasteiger partial charge < -0.3 is 5.73 Å². The van der Waals surface area contributed by atoms with E-state index < -0.39 is 0 Å². The Morgan fingerprint density at radius 3 is 2.40 bits per heavy atom. The standard InChI is InChI=1S/C12H18N2S/c1-8(2)9(3)15-11-7-5-4-6-10(11)12(13)14/h4-9H,1-3H3,(H3,13,14). The zero-order chi connectivity index (χ0) is 11.4. The fourth-order valence-electron chi connectivity index (χ4n) is 1.13. The summed E-state index contributed by atoms with van der Waals surface area (Å²) in [6, 6.07) is 7.83. The van der Waals surface area contributed by atoms with Crippen LogP contribution in [0, 0.1) is 11.3 Å². The monoisotopic (exact) mass is 222 g/mol. The molecular formula is C12H18N2S. The maximum Gasteiger partial charge on any atom is 0.123 e. The molecule has 15 heavy (non-hydrogen) atoms. The molecule has 2 nitrogen and oxygen atoms in total. The van der Waals surface area contributed by atoms with E-state index in [9.17, 15) is 0 Å². The van der Waals surface area contributed by atoms with Crippen molar-refractivity contribution >= 4 is 17.6 Å². The molecule has 1 unspecified atom stereocenters. The highest BCUT2D eigenvalue weighted by Crippen LogP contribution is 2.30. The van der Waals surface area contributed by atoms with Crippen LogP contribution >= 0.6 is 11.8 Å². The molecule has 0 saturated heterocycles. The number of nitrogens with two attached hydrogens (primary N) is 1. The predicted molar refractivity (Wildman–Crippen MR) is 67.6 cm³/mol. The van der Waals surface area contributed by atoms with Crippen LogP contribution in [-0.4, -0.2) is 11.1 Å². The van der Waals surface area contributed by atoms with Crippen LogP contribution in [-0.2, 0) is 0 Å². The molecule has 1 aromatic rings. The van der Waals surface area contributed by atoms with Gasteiger partial charge in [0, 0.05) is 15.7 Å². The first-order chi connectivity index (χ1) is 7.02. The van der Waals surface area contributed by atoms with Crippen LogP contribution in [0.5, 0.6) is 0 Å². The maximum atomic E-state index is 7.49. The van der Waals surface area contributed by atoms with Crippen LogP contribution < -0.4 is 5.73 Å². The average molecular weight is 222 g/mol. The topological polar surface area (TPSA) is 49.9 Å². The van der Waals surface area contributed by atoms with Crippen LogP contribution in [0.1, 0.15) is 26.3 Å². The first-order valence-electron chi connectivity index (χ1n) is 5.12. The quantitative estimate of drug-likeness (QED) is 0.467. The van der Waals surface area contributed by atoms with E-state index in [1.165, 1.54) is 0 Å². The van der Waals surface area contributed by atoms with Gasteiger partial charge in [0.1, 0.15) is 5.84 Å². The minimum atomic E-state index is 0.147. The van der Waals surface area contributed by atoms with E-state index in [0.29, 0.717) is 11.2 Å². The molecule has 0 aromatic heterocycles. The van der Waals surface area contributed by atoms with Gasteiger partial charge in [-0.2, -0.15) is 0 Å². The normalized spacial score (nSPS) is 12.8. The molecule has 3 N–H and O–H groups in total. The van der Waals surface area contributed by atoms with Gasteiger partial charge in [-0.3, -0.25) is 5.41 Å². The molecule has 0 heterocycles. The van der Waals surface area contributed by atoms with Crippen molar-refractivity contribution in [2.45, 2.75) is 30.9 Å². The molecule has 3 heteroatoms. The summed E-state index contributed by atoms with van der Waals surface area (Å²) in [6.45, 7) is 6.61. The lowest BCUT2D eigenvalue weighted by Gasteiger charge is -2.16. The van der Waals surface area contributed by atoms with Crippen molar-refractivity contribution in [3.05, 3.63) is 29.8 Å². The van der Waals surface area contributed by atoms with E-state index in [1.54, 1.807) is 11.8 Å². The van der Waals surface area contributed by atoms with Crippen molar-refractivity contribution in [2.24, 2.45) is 11.7 Å². The van der Waals surface area contributed by atoms with E-state index in [-0.39, 0.29) is 5.84 Å². The first kappa shape index (κ1) is 12.1. The summed E-state index contributed by atoms with van der Waals surface area (Å²) in [4.78, 5) is 1.10. The Morgan fingerprint density at radius 1 is 1.27 bits per heavy atom. The molecule has 0 spiro atoms. The van der Waals surface area contributed by atoms with Gasteiger partial charge in [0.15, 0.2) is 0 Å². The lowest BCUT2D eigenvalue weighted by Crippen LogP contribution is -2.13. The summed E-state index contributed by atoms with van der Waals surface area (Å²) in [7, 11) is 0. The Morgan fingerprint density at radius 2 is 1.87 bits per heavy atom. The summed E-state index contributed by atoms with van der Waals surface area (Å²) in [5.41, 5.74) is 6.38. The second-order valence-electron chi connectivity index (χ2n) is 3.98. The van der Waals surface area contributed by atoms with Crippen molar-refractivity contribution in [1.82, 2.24) is 0 Å². The molecule has 1 atom stereocenters. The Hall–Kier alpha value is -0.960. The van der Waals surface area contributed by atoms with Gasteiger partial charge in [0.2, 0.25) is 0 Å². The number of hydrogen-bond acceptors (Lipinski definition) is 2. The van der Waals surface area contributed by atoms with Crippen molar-refractivity contribution in [1.29, 1.82) is 5.41 Å². The van der Waals surface area contributed by atoms with Crippen LogP contribution in [0.15, 0.2) is 29.2 Å². The Bertz CT molecular complexity index is 347. The highest BCUT2D eigenvalue weighted by atomic mass is 32.2. The molecule has 82 valence electrons. The summed E-state index contributed by atoms with van der Waals surface area (Å²) < 4.78 is 0. The van der Waals surface area contributed by atoms with Crippen LogP contribution in [0.4, 0.5) is 0 Å². The second kappa shape index (κ2) is 5.21. The van der Waals surface area contributed by atoms with Crippen molar-refractivity contribution < 1.29 is 0 Å². The van der Waals surface area contributed by atoms with Gasteiger partial charge in [-0.15, -0.1) is 11.8 Å². The number of nitrogens with one attached hydrogen (secondary N) is 1. The summed E-state index contributed by atoms with van der Waals surface area (Å²) in [6.07, 6.45) is 0. The summed E-state index contributed by atoms with van der Waals surface area (Å²) in [5, 5.41) is 8.03. The molecule has 0 amide bonds. The second-order valence-corrected chi connectivity index (χ2v) is 5.40. The van der Waals surface area contributed by atoms with E-state index in [2.05, 4.69) is 20.8 Å². The maximum absolute atomic E-state index is 7.49. The Balaban J connectivity index is 2.89. The smallest absolute Gasteiger partial charge is 0.123 e. The molecule has 0 aliphatic carbocycles. The molecule has 0 radical (unpaired) electrons. The molecule has 0 aliphatic rings.